The smallest absolute Gasteiger partial charge is 0.341 e. The van der Waals surface area contributed by atoms with Gasteiger partial charge in [0.25, 0.3) is 0 Å². The van der Waals surface area contributed by atoms with E-state index in [9.17, 15) is 17.2 Å². The molecule has 7 heteroatoms. The summed E-state index contributed by atoms with van der Waals surface area (Å²) in [6.45, 7) is 3.22. The molecule has 4 nitrogen and oxygen atoms in total. The van der Waals surface area contributed by atoms with Gasteiger partial charge in [0.1, 0.15) is 0 Å². The SMILES string of the molecule is CC1(Nc2ccc(S(=O)(=O)C(F)F)cc2)CCOC1. The van der Waals surface area contributed by atoms with E-state index in [1.54, 1.807) is 0 Å². The molecule has 1 atom stereocenters. The molecule has 1 aromatic carbocycles. The van der Waals surface area contributed by atoms with E-state index in [1.807, 2.05) is 6.92 Å². The first kappa shape index (κ1) is 14.2. The van der Waals surface area contributed by atoms with Crippen LogP contribution in [0.3, 0.4) is 0 Å². The summed E-state index contributed by atoms with van der Waals surface area (Å²) in [5, 5.41) is 3.22. The van der Waals surface area contributed by atoms with Crippen LogP contribution >= 0.6 is 0 Å². The van der Waals surface area contributed by atoms with Gasteiger partial charge in [0.2, 0.25) is 9.84 Å². The number of alkyl halides is 2. The first-order valence-electron chi connectivity index (χ1n) is 5.82. The summed E-state index contributed by atoms with van der Waals surface area (Å²) in [5.41, 5.74) is 0.476. The van der Waals surface area contributed by atoms with E-state index in [0.717, 1.165) is 6.42 Å². The number of ether oxygens (including phenoxy) is 1. The third-order valence-corrected chi connectivity index (χ3v) is 4.48. The van der Waals surface area contributed by atoms with Gasteiger partial charge in [-0.05, 0) is 37.6 Å². The maximum absolute atomic E-state index is 12.4. The molecule has 0 spiro atoms. The predicted molar refractivity (Wildman–Crippen MR) is 67.1 cm³/mol. The van der Waals surface area contributed by atoms with E-state index in [4.69, 9.17) is 4.74 Å². The molecule has 0 bridgehead atoms. The Morgan fingerprint density at radius 3 is 2.42 bits per heavy atom. The minimum Gasteiger partial charge on any atom is -0.379 e. The van der Waals surface area contributed by atoms with Gasteiger partial charge in [-0.3, -0.25) is 0 Å². The second kappa shape index (κ2) is 5.05. The summed E-state index contributed by atoms with van der Waals surface area (Å²) in [4.78, 5) is -0.374. The van der Waals surface area contributed by atoms with Crippen molar-refractivity contribution in [2.75, 3.05) is 18.5 Å². The number of anilines is 1. The fourth-order valence-corrected chi connectivity index (χ4v) is 2.67. The van der Waals surface area contributed by atoms with Crippen LogP contribution in [0.4, 0.5) is 14.5 Å². The molecule has 106 valence electrons. The van der Waals surface area contributed by atoms with E-state index in [1.165, 1.54) is 24.3 Å². The van der Waals surface area contributed by atoms with Gasteiger partial charge in [0, 0.05) is 12.3 Å². The molecule has 1 saturated heterocycles. The second-order valence-electron chi connectivity index (χ2n) is 4.82. The van der Waals surface area contributed by atoms with Gasteiger partial charge in [0.05, 0.1) is 17.0 Å². The minimum atomic E-state index is -4.52. The zero-order chi connectivity index (χ0) is 14.1. The van der Waals surface area contributed by atoms with Crippen molar-refractivity contribution in [1.82, 2.24) is 0 Å². The quantitative estimate of drug-likeness (QED) is 0.924. The number of rotatable bonds is 4. The average molecular weight is 291 g/mol. The molecule has 1 aliphatic rings. The Hall–Kier alpha value is -1.21. The molecule has 1 N–H and O–H groups in total. The summed E-state index contributed by atoms with van der Waals surface area (Å²) < 4.78 is 52.5. The van der Waals surface area contributed by atoms with Crippen LogP contribution < -0.4 is 5.32 Å². The molecule has 0 aromatic heterocycles. The highest BCUT2D eigenvalue weighted by Gasteiger charge is 2.30. The van der Waals surface area contributed by atoms with Gasteiger partial charge in [-0.25, -0.2) is 8.42 Å². The van der Waals surface area contributed by atoms with Crippen LogP contribution in [0.1, 0.15) is 13.3 Å². The molecular weight excluding hydrogens is 276 g/mol. The maximum atomic E-state index is 12.4. The summed E-state index contributed by atoms with van der Waals surface area (Å²) >= 11 is 0. The number of hydrogen-bond donors (Lipinski definition) is 1. The fraction of sp³-hybridized carbons (Fsp3) is 0.500. The topological polar surface area (TPSA) is 55.4 Å². The summed E-state index contributed by atoms with van der Waals surface area (Å²) in [7, 11) is -4.52. The van der Waals surface area contributed by atoms with Crippen molar-refractivity contribution in [3.63, 3.8) is 0 Å². The van der Waals surface area contributed by atoms with E-state index in [0.29, 0.717) is 18.9 Å². The van der Waals surface area contributed by atoms with Gasteiger partial charge in [-0.2, -0.15) is 8.78 Å². The minimum absolute atomic E-state index is 0.205. The zero-order valence-electron chi connectivity index (χ0n) is 10.4. The van der Waals surface area contributed by atoms with Gasteiger partial charge < -0.3 is 10.1 Å². The van der Waals surface area contributed by atoms with E-state index in [-0.39, 0.29) is 10.4 Å². The highest BCUT2D eigenvalue weighted by Crippen LogP contribution is 2.25. The predicted octanol–water partition coefficient (Wildman–Crippen LogP) is 2.27. The van der Waals surface area contributed by atoms with Crippen LogP contribution in [0.2, 0.25) is 0 Å². The maximum Gasteiger partial charge on any atom is 0.341 e. The normalized spacial score (nSPS) is 23.8. The molecule has 2 rings (SSSR count). The van der Waals surface area contributed by atoms with Crippen LogP contribution in [-0.4, -0.2) is 32.9 Å². The monoisotopic (exact) mass is 291 g/mol. The highest BCUT2D eigenvalue weighted by atomic mass is 32.2. The second-order valence-corrected chi connectivity index (χ2v) is 6.74. The largest absolute Gasteiger partial charge is 0.379 e. The number of benzene rings is 1. The lowest BCUT2D eigenvalue weighted by atomic mass is 10.0. The third kappa shape index (κ3) is 3.03. The fourth-order valence-electron chi connectivity index (χ4n) is 1.94. The molecule has 0 radical (unpaired) electrons. The third-order valence-electron chi connectivity index (χ3n) is 3.08. The molecule has 0 saturated carbocycles. The summed E-state index contributed by atoms with van der Waals surface area (Å²) in [5.74, 6) is -3.40. The zero-order valence-corrected chi connectivity index (χ0v) is 11.2. The van der Waals surface area contributed by atoms with Gasteiger partial charge in [-0.1, -0.05) is 0 Å². The van der Waals surface area contributed by atoms with Gasteiger partial charge in [-0.15, -0.1) is 0 Å². The average Bonchev–Trinajstić information content (AvgIpc) is 2.76. The Labute approximate surface area is 110 Å². The van der Waals surface area contributed by atoms with Crippen LogP contribution in [-0.2, 0) is 14.6 Å². The lowest BCUT2D eigenvalue weighted by molar-refractivity contribution is 0.185. The molecule has 1 unspecified atom stereocenters. The van der Waals surface area contributed by atoms with Crippen molar-refractivity contribution < 1.29 is 21.9 Å². The Balaban J connectivity index is 2.15. The van der Waals surface area contributed by atoms with Crippen molar-refractivity contribution >= 4 is 15.5 Å². The Morgan fingerprint density at radius 2 is 1.95 bits per heavy atom. The van der Waals surface area contributed by atoms with Crippen molar-refractivity contribution in [3.8, 4) is 0 Å². The Morgan fingerprint density at radius 1 is 1.32 bits per heavy atom. The first-order chi connectivity index (χ1) is 8.83. The number of nitrogens with one attached hydrogen (secondary N) is 1. The van der Waals surface area contributed by atoms with Crippen molar-refractivity contribution in [2.45, 2.75) is 29.5 Å². The lowest BCUT2D eigenvalue weighted by Crippen LogP contribution is -2.34. The number of hydrogen-bond acceptors (Lipinski definition) is 4. The molecule has 1 heterocycles. The van der Waals surface area contributed by atoms with Crippen LogP contribution in [0.25, 0.3) is 0 Å². The van der Waals surface area contributed by atoms with Crippen molar-refractivity contribution in [3.05, 3.63) is 24.3 Å². The van der Waals surface area contributed by atoms with Crippen molar-refractivity contribution in [2.24, 2.45) is 0 Å². The van der Waals surface area contributed by atoms with Crippen LogP contribution in [0.5, 0.6) is 0 Å². The molecular formula is C12H15F2NO3S. The molecule has 1 aromatic rings. The summed E-state index contributed by atoms with van der Waals surface area (Å²) in [6, 6.07) is 5.34. The van der Waals surface area contributed by atoms with E-state index < -0.39 is 15.6 Å². The number of sulfone groups is 1. The molecule has 1 aliphatic heterocycles. The molecule has 19 heavy (non-hydrogen) atoms. The standard InChI is InChI=1S/C12H15F2NO3S/c1-12(6-7-18-8-12)15-9-2-4-10(5-3-9)19(16,17)11(13)14/h2-5,11,15H,6-8H2,1H3. The van der Waals surface area contributed by atoms with Gasteiger partial charge in [0.15, 0.2) is 0 Å². The molecule has 0 amide bonds. The van der Waals surface area contributed by atoms with E-state index in [2.05, 4.69) is 5.32 Å². The first-order valence-corrected chi connectivity index (χ1v) is 7.36. The van der Waals surface area contributed by atoms with Crippen molar-refractivity contribution in [1.29, 1.82) is 0 Å². The van der Waals surface area contributed by atoms with Crippen LogP contribution in [0, 0.1) is 0 Å². The lowest BCUT2D eigenvalue weighted by Gasteiger charge is -2.25. The highest BCUT2D eigenvalue weighted by molar-refractivity contribution is 7.91. The van der Waals surface area contributed by atoms with Crippen LogP contribution in [0.15, 0.2) is 29.2 Å². The molecule has 0 aliphatic carbocycles. The number of halogens is 2. The van der Waals surface area contributed by atoms with Gasteiger partial charge >= 0.3 is 5.76 Å². The Kier molecular flexibility index (Phi) is 3.78. The molecule has 1 fully saturated rings. The van der Waals surface area contributed by atoms with E-state index >= 15 is 0 Å². The Bertz CT molecular complexity index is 537. The summed E-state index contributed by atoms with van der Waals surface area (Å²) in [6.07, 6.45) is 0.837.